The molecule has 154 valence electrons. The van der Waals surface area contributed by atoms with E-state index in [-0.39, 0.29) is 12.5 Å². The Bertz CT molecular complexity index is 1360. The van der Waals surface area contributed by atoms with Crippen molar-refractivity contribution in [3.8, 4) is 27.6 Å². The number of nitrogens with zero attached hydrogens (tertiary/aromatic N) is 5. The summed E-state index contributed by atoms with van der Waals surface area (Å²) in [5.74, 6) is 0.912. The summed E-state index contributed by atoms with van der Waals surface area (Å²) in [5, 5.41) is 24.7. The monoisotopic (exact) mass is 431 g/mol. The van der Waals surface area contributed by atoms with Crippen LogP contribution in [0.15, 0.2) is 60.0 Å². The van der Waals surface area contributed by atoms with Crippen LogP contribution in [0, 0.1) is 0 Å². The molecule has 0 aliphatic heterocycles. The number of para-hydroxylation sites is 1. The van der Waals surface area contributed by atoms with Gasteiger partial charge in [0.25, 0.3) is 5.91 Å². The predicted octanol–water partition coefficient (Wildman–Crippen LogP) is 3.18. The Morgan fingerprint density at radius 2 is 2.03 bits per heavy atom. The number of aromatic amines is 1. The zero-order chi connectivity index (χ0) is 21.2. The molecule has 0 radical (unpaired) electrons. The number of carbonyl (C=O) groups is 1. The van der Waals surface area contributed by atoms with Gasteiger partial charge in [-0.1, -0.05) is 18.2 Å². The number of aromatic nitrogens is 6. The van der Waals surface area contributed by atoms with Crippen molar-refractivity contribution in [1.29, 1.82) is 0 Å². The molecule has 31 heavy (non-hydrogen) atoms. The van der Waals surface area contributed by atoms with Crippen molar-refractivity contribution in [3.63, 3.8) is 0 Å². The molecular formula is C21H17N7O2S. The van der Waals surface area contributed by atoms with Gasteiger partial charge >= 0.3 is 0 Å². The van der Waals surface area contributed by atoms with Crippen molar-refractivity contribution in [2.75, 3.05) is 7.11 Å². The number of carbonyl (C=O) groups excluding carboxylic acids is 1. The lowest BCUT2D eigenvalue weighted by atomic mass is 10.1. The van der Waals surface area contributed by atoms with Crippen molar-refractivity contribution >= 4 is 22.9 Å². The largest absolute Gasteiger partial charge is 0.496 e. The summed E-state index contributed by atoms with van der Waals surface area (Å²) >= 11 is 1.61. The molecule has 0 aliphatic carbocycles. The Balaban J connectivity index is 1.34. The molecule has 10 heteroatoms. The minimum absolute atomic E-state index is 0.171. The van der Waals surface area contributed by atoms with Crippen LogP contribution in [0.2, 0.25) is 0 Å². The second kappa shape index (κ2) is 8.00. The summed E-state index contributed by atoms with van der Waals surface area (Å²) in [6.45, 7) is 0.171. The van der Waals surface area contributed by atoms with Crippen LogP contribution in [0.3, 0.4) is 0 Å². The van der Waals surface area contributed by atoms with Gasteiger partial charge in [0, 0.05) is 5.56 Å². The van der Waals surface area contributed by atoms with E-state index in [9.17, 15) is 4.79 Å². The SMILES string of the molecule is COc1ccccc1-c1cc(C(=O)NCc2nnc3ccc(-c4cccs4)nn23)[nH]n1. The molecule has 0 fully saturated rings. The average molecular weight is 431 g/mol. The highest BCUT2D eigenvalue weighted by molar-refractivity contribution is 7.13. The average Bonchev–Trinajstić information content (AvgIpc) is 3.58. The van der Waals surface area contributed by atoms with Gasteiger partial charge < -0.3 is 10.1 Å². The van der Waals surface area contributed by atoms with Crippen molar-refractivity contribution in [1.82, 2.24) is 35.3 Å². The Hall–Kier alpha value is -4.05. The highest BCUT2D eigenvalue weighted by Crippen LogP contribution is 2.28. The number of amides is 1. The van der Waals surface area contributed by atoms with Crippen molar-refractivity contribution in [3.05, 3.63) is 71.5 Å². The van der Waals surface area contributed by atoms with Crippen LogP contribution in [-0.4, -0.2) is 43.0 Å². The number of rotatable bonds is 6. The second-order valence-corrected chi connectivity index (χ2v) is 7.58. The van der Waals surface area contributed by atoms with E-state index in [2.05, 4.69) is 30.8 Å². The fourth-order valence-electron chi connectivity index (χ4n) is 3.19. The second-order valence-electron chi connectivity index (χ2n) is 6.63. The number of fused-ring (bicyclic) bond motifs is 1. The minimum atomic E-state index is -0.306. The molecule has 0 bridgehead atoms. The van der Waals surface area contributed by atoms with Crippen LogP contribution < -0.4 is 10.1 Å². The molecule has 0 aliphatic rings. The Labute approximate surface area is 180 Å². The van der Waals surface area contributed by atoms with Gasteiger partial charge in [0.05, 0.1) is 24.2 Å². The number of hydrogen-bond acceptors (Lipinski definition) is 7. The molecule has 5 aromatic rings. The molecule has 1 aromatic carbocycles. The topological polar surface area (TPSA) is 110 Å². The number of methoxy groups -OCH3 is 1. The smallest absolute Gasteiger partial charge is 0.269 e. The van der Waals surface area contributed by atoms with Crippen LogP contribution in [0.1, 0.15) is 16.3 Å². The molecule has 0 saturated heterocycles. The van der Waals surface area contributed by atoms with Gasteiger partial charge in [-0.15, -0.1) is 21.5 Å². The Morgan fingerprint density at radius 3 is 2.87 bits per heavy atom. The molecule has 1 amide bonds. The standard InChI is InChI=1S/C21H17N7O2S/c1-30-17-6-3-2-5-13(17)15-11-16(24-23-15)21(29)22-12-20-26-25-19-9-8-14(27-28(19)20)18-7-4-10-31-18/h2-11H,12H2,1H3,(H,22,29)(H,23,24). The first kappa shape index (κ1) is 18.9. The fourth-order valence-corrected chi connectivity index (χ4v) is 3.88. The first-order chi connectivity index (χ1) is 15.2. The quantitative estimate of drug-likeness (QED) is 0.427. The maximum atomic E-state index is 12.6. The van der Waals surface area contributed by atoms with Gasteiger partial charge in [0.2, 0.25) is 0 Å². The third-order valence-electron chi connectivity index (χ3n) is 4.71. The molecule has 5 rings (SSSR count). The van der Waals surface area contributed by atoms with Crippen molar-refractivity contribution in [2.45, 2.75) is 6.54 Å². The molecule has 0 spiro atoms. The number of ether oxygens (including phenoxy) is 1. The lowest BCUT2D eigenvalue weighted by Crippen LogP contribution is -2.24. The zero-order valence-corrected chi connectivity index (χ0v) is 17.3. The molecule has 9 nitrogen and oxygen atoms in total. The van der Waals surface area contributed by atoms with E-state index in [0.717, 1.165) is 16.1 Å². The van der Waals surface area contributed by atoms with Crippen LogP contribution in [-0.2, 0) is 6.54 Å². The maximum Gasteiger partial charge on any atom is 0.269 e. The molecule has 0 saturated carbocycles. The zero-order valence-electron chi connectivity index (χ0n) is 16.4. The molecular weight excluding hydrogens is 414 g/mol. The first-order valence-corrected chi connectivity index (χ1v) is 10.3. The lowest BCUT2D eigenvalue weighted by Gasteiger charge is -2.04. The van der Waals surface area contributed by atoms with Crippen LogP contribution >= 0.6 is 11.3 Å². The summed E-state index contributed by atoms with van der Waals surface area (Å²) < 4.78 is 7.01. The summed E-state index contributed by atoms with van der Waals surface area (Å²) in [6.07, 6.45) is 0. The van der Waals surface area contributed by atoms with Crippen LogP contribution in [0.4, 0.5) is 0 Å². The van der Waals surface area contributed by atoms with Crippen molar-refractivity contribution in [2.24, 2.45) is 0 Å². The molecule has 4 aromatic heterocycles. The van der Waals surface area contributed by atoms with E-state index in [1.54, 1.807) is 29.0 Å². The minimum Gasteiger partial charge on any atom is -0.496 e. The summed E-state index contributed by atoms with van der Waals surface area (Å²) in [6, 6.07) is 16.9. The fraction of sp³-hybridized carbons (Fsp3) is 0.0952. The molecule has 0 unspecified atom stereocenters. The normalized spacial score (nSPS) is 11.0. The van der Waals surface area contributed by atoms with Gasteiger partial charge in [-0.3, -0.25) is 9.89 Å². The van der Waals surface area contributed by atoms with Crippen LogP contribution in [0.5, 0.6) is 5.75 Å². The van der Waals surface area contributed by atoms with Gasteiger partial charge in [0.15, 0.2) is 11.5 Å². The molecule has 0 atom stereocenters. The highest BCUT2D eigenvalue weighted by Gasteiger charge is 2.15. The first-order valence-electron chi connectivity index (χ1n) is 9.45. The maximum absolute atomic E-state index is 12.6. The van der Waals surface area contributed by atoms with Gasteiger partial charge in [0.1, 0.15) is 17.1 Å². The van der Waals surface area contributed by atoms with E-state index in [1.807, 2.05) is 53.9 Å². The van der Waals surface area contributed by atoms with E-state index in [1.165, 1.54) is 0 Å². The Morgan fingerprint density at radius 1 is 1.13 bits per heavy atom. The van der Waals surface area contributed by atoms with E-state index >= 15 is 0 Å². The third-order valence-corrected chi connectivity index (χ3v) is 5.61. The predicted molar refractivity (Wildman–Crippen MR) is 116 cm³/mol. The van der Waals surface area contributed by atoms with Gasteiger partial charge in [-0.05, 0) is 41.8 Å². The van der Waals surface area contributed by atoms with E-state index < -0.39 is 0 Å². The van der Waals surface area contributed by atoms with E-state index in [4.69, 9.17) is 4.74 Å². The third kappa shape index (κ3) is 3.64. The summed E-state index contributed by atoms with van der Waals surface area (Å²) in [7, 11) is 1.60. The number of H-pyrrole nitrogens is 1. The van der Waals surface area contributed by atoms with Gasteiger partial charge in [-0.2, -0.15) is 14.7 Å². The highest BCUT2D eigenvalue weighted by atomic mass is 32.1. The molecule has 2 N–H and O–H groups in total. The number of nitrogens with one attached hydrogen (secondary N) is 2. The molecule has 4 heterocycles. The van der Waals surface area contributed by atoms with Crippen LogP contribution in [0.25, 0.3) is 27.5 Å². The number of hydrogen-bond donors (Lipinski definition) is 2. The van der Waals surface area contributed by atoms with Gasteiger partial charge in [-0.25, -0.2) is 0 Å². The Kier molecular flexibility index (Phi) is 4.89. The van der Waals surface area contributed by atoms with E-state index in [0.29, 0.717) is 28.6 Å². The summed E-state index contributed by atoms with van der Waals surface area (Å²) in [4.78, 5) is 13.7. The summed E-state index contributed by atoms with van der Waals surface area (Å²) in [5.41, 5.74) is 3.20. The lowest BCUT2D eigenvalue weighted by molar-refractivity contribution is 0.0944. The van der Waals surface area contributed by atoms with Crippen molar-refractivity contribution < 1.29 is 9.53 Å². The number of benzene rings is 1. The number of thiophene rings is 1.